The summed E-state index contributed by atoms with van der Waals surface area (Å²) in [6, 6.07) is 3.99. The van der Waals surface area contributed by atoms with E-state index in [0.717, 1.165) is 50.2 Å². The van der Waals surface area contributed by atoms with Crippen LogP contribution < -0.4 is 20.9 Å². The lowest BCUT2D eigenvalue weighted by molar-refractivity contribution is 0.171. The summed E-state index contributed by atoms with van der Waals surface area (Å²) in [5.74, 6) is 1.92. The molecule has 4 rings (SSSR count). The number of nitrogens with zero attached hydrogens (tertiary/aromatic N) is 4. The van der Waals surface area contributed by atoms with E-state index in [0.29, 0.717) is 31.1 Å². The Kier molecular flexibility index (Phi) is 5.55. The summed E-state index contributed by atoms with van der Waals surface area (Å²) in [5.41, 5.74) is 13.0. The molecule has 1 aliphatic rings. The van der Waals surface area contributed by atoms with E-state index in [-0.39, 0.29) is 0 Å². The van der Waals surface area contributed by atoms with Crippen molar-refractivity contribution in [1.29, 1.82) is 0 Å². The van der Waals surface area contributed by atoms with Crippen molar-refractivity contribution in [2.75, 3.05) is 25.5 Å². The molecule has 3 aromatic rings. The minimum atomic E-state index is 0.385. The summed E-state index contributed by atoms with van der Waals surface area (Å²) >= 11 is 3.86. The van der Waals surface area contributed by atoms with E-state index in [1.54, 1.807) is 11.8 Å². The first-order chi connectivity index (χ1) is 13.2. The number of halogens is 1. The van der Waals surface area contributed by atoms with Gasteiger partial charge in [-0.1, -0.05) is 11.8 Å². The number of fused-ring (bicyclic) bond motifs is 2. The number of anilines is 1. The Bertz CT molecular complexity index is 980. The second-order valence-corrected chi connectivity index (χ2v) is 8.17. The summed E-state index contributed by atoms with van der Waals surface area (Å²) in [7, 11) is 0. The molecule has 8 nitrogen and oxygen atoms in total. The predicted molar refractivity (Wildman–Crippen MR) is 112 cm³/mol. The Morgan fingerprint density at radius 2 is 1.93 bits per heavy atom. The zero-order valence-corrected chi connectivity index (χ0v) is 17.5. The smallest absolute Gasteiger partial charge is 0.175 e. The van der Waals surface area contributed by atoms with Crippen molar-refractivity contribution in [2.24, 2.45) is 5.73 Å². The first-order valence-corrected chi connectivity index (χ1v) is 10.5. The number of imidazole rings is 1. The predicted octanol–water partition coefficient (Wildman–Crippen LogP) is 2.67. The summed E-state index contributed by atoms with van der Waals surface area (Å²) in [6.45, 7) is 2.56. The Hall–Kier alpha value is -1.79. The average Bonchev–Trinajstić information content (AvgIpc) is 3.01. The van der Waals surface area contributed by atoms with Gasteiger partial charge in [0.25, 0.3) is 0 Å². The van der Waals surface area contributed by atoms with Crippen LogP contribution in [0.3, 0.4) is 0 Å². The maximum absolute atomic E-state index is 6.01. The van der Waals surface area contributed by atoms with Gasteiger partial charge in [0.05, 0.1) is 0 Å². The van der Waals surface area contributed by atoms with Gasteiger partial charge < -0.3 is 25.5 Å². The fraction of sp³-hybridized carbons (Fsp3) is 0.353. The van der Waals surface area contributed by atoms with Crippen LogP contribution >= 0.6 is 34.4 Å². The molecule has 1 aromatic carbocycles. The number of hydrogen-bond donors (Lipinski definition) is 2. The van der Waals surface area contributed by atoms with E-state index >= 15 is 0 Å². The number of aromatic nitrogens is 4. The largest absolute Gasteiger partial charge is 0.486 e. The van der Waals surface area contributed by atoms with Crippen molar-refractivity contribution in [1.82, 2.24) is 19.5 Å². The fourth-order valence-electron chi connectivity index (χ4n) is 2.85. The highest BCUT2D eigenvalue weighted by Gasteiger charge is 2.20. The number of nitrogens with two attached hydrogens (primary N) is 2. The maximum atomic E-state index is 6.01. The van der Waals surface area contributed by atoms with Crippen LogP contribution in [-0.2, 0) is 6.54 Å². The van der Waals surface area contributed by atoms with E-state index in [1.807, 2.05) is 12.1 Å². The molecule has 2 aromatic heterocycles. The van der Waals surface area contributed by atoms with Gasteiger partial charge in [-0.25, -0.2) is 15.0 Å². The minimum absolute atomic E-state index is 0.385. The molecule has 0 bridgehead atoms. The van der Waals surface area contributed by atoms with Crippen LogP contribution in [0.4, 0.5) is 5.82 Å². The standard InChI is InChI=1S/C17H19IN6O2S/c18-10-7-11-12(26-6-5-25-11)8-13(10)27-17-23-14-15(20)21-9-22-16(14)24(17)4-2-1-3-19/h7-9H,1-6,19H2,(H2,20,21,22). The number of rotatable bonds is 6. The van der Waals surface area contributed by atoms with Gasteiger partial charge in [-0.05, 0) is 54.1 Å². The summed E-state index contributed by atoms with van der Waals surface area (Å²) in [4.78, 5) is 14.2. The van der Waals surface area contributed by atoms with Crippen molar-refractivity contribution in [3.63, 3.8) is 0 Å². The van der Waals surface area contributed by atoms with Gasteiger partial charge >= 0.3 is 0 Å². The van der Waals surface area contributed by atoms with E-state index in [1.165, 1.54) is 6.33 Å². The van der Waals surface area contributed by atoms with Gasteiger partial charge in [-0.2, -0.15) is 0 Å². The lowest BCUT2D eigenvalue weighted by atomic mass is 10.3. The molecule has 3 heterocycles. The Morgan fingerprint density at radius 3 is 2.70 bits per heavy atom. The molecular formula is C17H19IN6O2S. The molecule has 0 amide bonds. The van der Waals surface area contributed by atoms with Crippen molar-refractivity contribution in [3.8, 4) is 11.5 Å². The Labute approximate surface area is 174 Å². The zero-order chi connectivity index (χ0) is 18.8. The third-order valence-corrected chi connectivity index (χ3v) is 6.47. The van der Waals surface area contributed by atoms with E-state index in [9.17, 15) is 0 Å². The van der Waals surface area contributed by atoms with Crippen molar-refractivity contribution in [2.45, 2.75) is 29.4 Å². The van der Waals surface area contributed by atoms with Crippen LogP contribution in [0.15, 0.2) is 28.5 Å². The number of nitrogen functional groups attached to an aromatic ring is 1. The highest BCUT2D eigenvalue weighted by Crippen LogP contribution is 2.40. The molecule has 0 atom stereocenters. The maximum Gasteiger partial charge on any atom is 0.175 e. The molecule has 27 heavy (non-hydrogen) atoms. The summed E-state index contributed by atoms with van der Waals surface area (Å²) in [6.07, 6.45) is 3.35. The first-order valence-electron chi connectivity index (χ1n) is 8.61. The van der Waals surface area contributed by atoms with Crippen LogP contribution in [0, 0.1) is 3.57 Å². The van der Waals surface area contributed by atoms with E-state index < -0.39 is 0 Å². The van der Waals surface area contributed by atoms with Gasteiger partial charge in [0.1, 0.15) is 19.5 Å². The van der Waals surface area contributed by atoms with E-state index in [4.69, 9.17) is 25.9 Å². The van der Waals surface area contributed by atoms with Crippen LogP contribution in [0.25, 0.3) is 11.2 Å². The van der Waals surface area contributed by atoms with Crippen LogP contribution in [0.1, 0.15) is 12.8 Å². The third-order valence-electron chi connectivity index (χ3n) is 4.16. The molecule has 0 saturated heterocycles. The fourth-order valence-corrected chi connectivity index (χ4v) is 4.56. The monoisotopic (exact) mass is 498 g/mol. The van der Waals surface area contributed by atoms with Crippen molar-refractivity contribution in [3.05, 3.63) is 22.0 Å². The quantitative estimate of drug-likeness (QED) is 0.394. The van der Waals surface area contributed by atoms with Gasteiger partial charge in [0.15, 0.2) is 33.6 Å². The molecule has 0 spiro atoms. The van der Waals surface area contributed by atoms with Gasteiger partial charge in [-0.15, -0.1) is 0 Å². The average molecular weight is 498 g/mol. The lowest BCUT2D eigenvalue weighted by Gasteiger charge is -2.19. The molecule has 0 saturated carbocycles. The van der Waals surface area contributed by atoms with Gasteiger partial charge in [0, 0.05) is 15.0 Å². The molecule has 0 aliphatic carbocycles. The normalized spacial score (nSPS) is 13.3. The molecule has 4 N–H and O–H groups in total. The Morgan fingerprint density at radius 1 is 1.15 bits per heavy atom. The topological polar surface area (TPSA) is 114 Å². The second-order valence-electron chi connectivity index (χ2n) is 6.00. The SMILES string of the molecule is NCCCCn1c(Sc2cc3c(cc2I)OCCO3)nc2c(N)ncnc21. The van der Waals surface area contributed by atoms with Crippen LogP contribution in [0.2, 0.25) is 0 Å². The molecular weight excluding hydrogens is 479 g/mol. The molecule has 142 valence electrons. The lowest BCUT2D eigenvalue weighted by Crippen LogP contribution is -2.15. The third kappa shape index (κ3) is 3.78. The molecule has 10 heteroatoms. The van der Waals surface area contributed by atoms with Crippen LogP contribution in [-0.4, -0.2) is 39.3 Å². The number of hydrogen-bond acceptors (Lipinski definition) is 8. The summed E-state index contributed by atoms with van der Waals surface area (Å²) in [5, 5.41) is 0.823. The Balaban J connectivity index is 1.72. The molecule has 0 radical (unpaired) electrons. The minimum Gasteiger partial charge on any atom is -0.486 e. The number of ether oxygens (including phenoxy) is 2. The van der Waals surface area contributed by atoms with E-state index in [2.05, 4.69) is 37.1 Å². The second kappa shape index (κ2) is 8.07. The number of aryl methyl sites for hydroxylation is 1. The number of benzene rings is 1. The first kappa shape index (κ1) is 18.6. The number of unbranched alkanes of at least 4 members (excludes halogenated alkanes) is 1. The molecule has 0 fully saturated rings. The highest BCUT2D eigenvalue weighted by atomic mass is 127. The van der Waals surface area contributed by atoms with Crippen LogP contribution in [0.5, 0.6) is 11.5 Å². The van der Waals surface area contributed by atoms with Crippen molar-refractivity contribution < 1.29 is 9.47 Å². The van der Waals surface area contributed by atoms with Gasteiger partial charge in [0.2, 0.25) is 0 Å². The molecule has 0 unspecified atom stereocenters. The zero-order valence-electron chi connectivity index (χ0n) is 14.5. The van der Waals surface area contributed by atoms with Gasteiger partial charge in [-0.3, -0.25) is 0 Å². The highest BCUT2D eigenvalue weighted by molar-refractivity contribution is 14.1. The summed E-state index contributed by atoms with van der Waals surface area (Å²) < 4.78 is 14.5. The van der Waals surface area contributed by atoms with Crippen molar-refractivity contribution >= 4 is 51.3 Å². The molecule has 1 aliphatic heterocycles.